The summed E-state index contributed by atoms with van der Waals surface area (Å²) in [6, 6.07) is 8.45. The number of hydrogen-bond donors (Lipinski definition) is 1. The van der Waals surface area contributed by atoms with Crippen LogP contribution < -0.4 is 5.73 Å². The van der Waals surface area contributed by atoms with Gasteiger partial charge < -0.3 is 15.2 Å². The molecule has 2 N–H and O–H groups in total. The van der Waals surface area contributed by atoms with Crippen molar-refractivity contribution >= 4 is 0 Å². The van der Waals surface area contributed by atoms with Gasteiger partial charge in [-0.05, 0) is 24.6 Å². The lowest BCUT2D eigenvalue weighted by atomic mass is 10.1. The van der Waals surface area contributed by atoms with Gasteiger partial charge in [0.1, 0.15) is 0 Å². The highest BCUT2D eigenvalue weighted by Gasteiger charge is 2.00. The lowest BCUT2D eigenvalue weighted by Crippen LogP contribution is -2.23. The number of hydrogen-bond acceptors (Lipinski definition) is 4. The van der Waals surface area contributed by atoms with E-state index in [-0.39, 0.29) is 0 Å². The Kier molecular flexibility index (Phi) is 8.41. The maximum absolute atomic E-state index is 5.58. The molecule has 0 saturated heterocycles. The van der Waals surface area contributed by atoms with Crippen LogP contribution in [0.5, 0.6) is 0 Å². The number of benzene rings is 1. The number of methoxy groups -OCH3 is 1. The minimum Gasteiger partial charge on any atom is -0.385 e. The zero-order chi connectivity index (χ0) is 13.9. The van der Waals surface area contributed by atoms with Crippen molar-refractivity contribution in [2.75, 3.05) is 40.5 Å². The van der Waals surface area contributed by atoms with Crippen LogP contribution in [0.3, 0.4) is 0 Å². The van der Waals surface area contributed by atoms with Crippen LogP contribution in [-0.4, -0.2) is 45.4 Å². The van der Waals surface area contributed by atoms with Crippen LogP contribution in [0.25, 0.3) is 0 Å². The van der Waals surface area contributed by atoms with E-state index >= 15 is 0 Å². The molecule has 108 valence electrons. The van der Waals surface area contributed by atoms with Crippen molar-refractivity contribution in [1.29, 1.82) is 0 Å². The zero-order valence-electron chi connectivity index (χ0n) is 12.1. The van der Waals surface area contributed by atoms with Crippen LogP contribution in [0.4, 0.5) is 0 Å². The maximum Gasteiger partial charge on any atom is 0.0593 e. The van der Waals surface area contributed by atoms with Crippen LogP contribution >= 0.6 is 0 Å². The predicted molar refractivity (Wildman–Crippen MR) is 78.0 cm³/mol. The fourth-order valence-electron chi connectivity index (χ4n) is 1.80. The lowest BCUT2D eigenvalue weighted by Gasteiger charge is -2.17. The molecule has 4 heteroatoms. The van der Waals surface area contributed by atoms with E-state index in [0.717, 1.165) is 39.3 Å². The summed E-state index contributed by atoms with van der Waals surface area (Å²) in [5.74, 6) is 0. The molecule has 1 aromatic carbocycles. The molecule has 0 bridgehead atoms. The first-order chi connectivity index (χ1) is 9.26. The van der Waals surface area contributed by atoms with E-state index in [2.05, 4.69) is 36.2 Å². The molecule has 4 nitrogen and oxygen atoms in total. The Balaban J connectivity index is 2.14. The summed E-state index contributed by atoms with van der Waals surface area (Å²) in [4.78, 5) is 2.26. The molecule has 0 radical (unpaired) electrons. The number of nitrogens with two attached hydrogens (primary N) is 1. The predicted octanol–water partition coefficient (Wildman–Crippen LogP) is 1.63. The molecule has 0 aliphatic carbocycles. The van der Waals surface area contributed by atoms with Crippen molar-refractivity contribution in [3.8, 4) is 0 Å². The first-order valence-corrected chi connectivity index (χ1v) is 6.79. The molecule has 0 saturated carbocycles. The monoisotopic (exact) mass is 266 g/mol. The van der Waals surface area contributed by atoms with Crippen LogP contribution in [0.15, 0.2) is 24.3 Å². The quantitative estimate of drug-likeness (QED) is 0.654. The van der Waals surface area contributed by atoms with Gasteiger partial charge in [0, 0.05) is 40.0 Å². The lowest BCUT2D eigenvalue weighted by molar-refractivity contribution is 0.0876. The van der Waals surface area contributed by atoms with E-state index < -0.39 is 0 Å². The molecule has 1 rings (SSSR count). The van der Waals surface area contributed by atoms with Crippen LogP contribution in [0.1, 0.15) is 17.5 Å². The third-order valence-electron chi connectivity index (χ3n) is 2.97. The van der Waals surface area contributed by atoms with Gasteiger partial charge in [0.05, 0.1) is 6.61 Å². The molecular formula is C15H26N2O2. The summed E-state index contributed by atoms with van der Waals surface area (Å²) in [5.41, 5.74) is 8.06. The third-order valence-corrected chi connectivity index (χ3v) is 2.97. The molecule has 19 heavy (non-hydrogen) atoms. The average molecular weight is 266 g/mol. The van der Waals surface area contributed by atoms with Gasteiger partial charge in [-0.15, -0.1) is 0 Å². The molecule has 0 atom stereocenters. The first kappa shape index (κ1) is 16.1. The van der Waals surface area contributed by atoms with Gasteiger partial charge >= 0.3 is 0 Å². The summed E-state index contributed by atoms with van der Waals surface area (Å²) >= 11 is 0. The molecule has 0 aliphatic heterocycles. The van der Waals surface area contributed by atoms with Gasteiger partial charge in [-0.1, -0.05) is 24.3 Å². The van der Waals surface area contributed by atoms with Crippen LogP contribution in [-0.2, 0) is 22.6 Å². The number of nitrogens with zero attached hydrogens (tertiary/aromatic N) is 1. The third kappa shape index (κ3) is 7.28. The Morgan fingerprint density at radius 1 is 1.05 bits per heavy atom. The van der Waals surface area contributed by atoms with E-state index in [9.17, 15) is 0 Å². The largest absolute Gasteiger partial charge is 0.385 e. The highest BCUT2D eigenvalue weighted by Crippen LogP contribution is 2.06. The van der Waals surface area contributed by atoms with Gasteiger partial charge in [-0.25, -0.2) is 0 Å². The maximum atomic E-state index is 5.58. The minimum absolute atomic E-state index is 0.603. The summed E-state index contributed by atoms with van der Waals surface area (Å²) in [5, 5.41) is 0. The van der Waals surface area contributed by atoms with Gasteiger partial charge in [-0.3, -0.25) is 4.90 Å². The normalized spacial score (nSPS) is 11.2. The SMILES string of the molecule is COCCCOCCN(C)Cc1ccc(CN)cc1. The van der Waals surface area contributed by atoms with Crippen LogP contribution in [0.2, 0.25) is 0 Å². The fraction of sp³-hybridized carbons (Fsp3) is 0.600. The van der Waals surface area contributed by atoms with E-state index in [1.807, 2.05) is 0 Å². The topological polar surface area (TPSA) is 47.7 Å². The summed E-state index contributed by atoms with van der Waals surface area (Å²) in [6.07, 6.45) is 0.959. The van der Waals surface area contributed by atoms with Crippen molar-refractivity contribution in [3.05, 3.63) is 35.4 Å². The molecule has 1 aromatic rings. The van der Waals surface area contributed by atoms with E-state index in [4.69, 9.17) is 15.2 Å². The molecule has 0 amide bonds. The molecule has 0 unspecified atom stereocenters. The smallest absolute Gasteiger partial charge is 0.0593 e. The van der Waals surface area contributed by atoms with E-state index in [1.165, 1.54) is 11.1 Å². The second-order valence-electron chi connectivity index (χ2n) is 4.72. The second-order valence-corrected chi connectivity index (χ2v) is 4.72. The molecule has 0 aliphatic rings. The Labute approximate surface area is 116 Å². The second kappa shape index (κ2) is 9.92. The first-order valence-electron chi connectivity index (χ1n) is 6.79. The Hall–Kier alpha value is -0.940. The zero-order valence-corrected chi connectivity index (χ0v) is 12.1. The Morgan fingerprint density at radius 2 is 1.74 bits per heavy atom. The summed E-state index contributed by atoms with van der Waals surface area (Å²) < 4.78 is 10.5. The van der Waals surface area contributed by atoms with Crippen molar-refractivity contribution in [2.24, 2.45) is 5.73 Å². The summed E-state index contributed by atoms with van der Waals surface area (Å²) in [7, 11) is 3.82. The van der Waals surface area contributed by atoms with Crippen molar-refractivity contribution in [1.82, 2.24) is 4.90 Å². The van der Waals surface area contributed by atoms with Gasteiger partial charge in [0.2, 0.25) is 0 Å². The summed E-state index contributed by atoms with van der Waals surface area (Å²) in [6.45, 7) is 4.78. The van der Waals surface area contributed by atoms with Gasteiger partial charge in [-0.2, -0.15) is 0 Å². The van der Waals surface area contributed by atoms with Crippen LogP contribution in [0, 0.1) is 0 Å². The highest BCUT2D eigenvalue weighted by atomic mass is 16.5. The van der Waals surface area contributed by atoms with E-state index in [1.54, 1.807) is 7.11 Å². The van der Waals surface area contributed by atoms with Gasteiger partial charge in [0.15, 0.2) is 0 Å². The molecule has 0 heterocycles. The van der Waals surface area contributed by atoms with E-state index in [0.29, 0.717) is 6.54 Å². The Morgan fingerprint density at radius 3 is 2.37 bits per heavy atom. The minimum atomic E-state index is 0.603. The Bertz CT molecular complexity index is 327. The highest BCUT2D eigenvalue weighted by molar-refractivity contribution is 5.22. The average Bonchev–Trinajstić information content (AvgIpc) is 2.43. The molecule has 0 spiro atoms. The molecule has 0 aromatic heterocycles. The fourth-order valence-corrected chi connectivity index (χ4v) is 1.80. The number of rotatable bonds is 10. The van der Waals surface area contributed by atoms with Crippen molar-refractivity contribution < 1.29 is 9.47 Å². The van der Waals surface area contributed by atoms with Crippen molar-refractivity contribution in [3.63, 3.8) is 0 Å². The molecule has 0 fully saturated rings. The number of likely N-dealkylation sites (N-methyl/N-ethyl adjacent to an activating group) is 1. The standard InChI is InChI=1S/C15H26N2O2/c1-17(8-11-19-10-3-9-18-2)13-15-6-4-14(12-16)5-7-15/h4-7H,3,8-13,16H2,1-2H3. The number of ether oxygens (including phenoxy) is 2. The molecular weight excluding hydrogens is 240 g/mol. The van der Waals surface area contributed by atoms with Crippen molar-refractivity contribution in [2.45, 2.75) is 19.5 Å². The van der Waals surface area contributed by atoms with Gasteiger partial charge in [0.25, 0.3) is 0 Å².